The van der Waals surface area contributed by atoms with Crippen LogP contribution in [0.15, 0.2) is 46.9 Å². The van der Waals surface area contributed by atoms with Crippen molar-refractivity contribution in [1.29, 1.82) is 0 Å². The summed E-state index contributed by atoms with van der Waals surface area (Å²) in [7, 11) is 0. The van der Waals surface area contributed by atoms with Crippen LogP contribution >= 0.6 is 15.9 Å². The standard InChI is InChI=1S/C17H19BrN2O/c1-12-3-4-13(2)16(11-12)19-10-9-17(21)20-15-7-5-14(18)6-8-15/h3-8,11,19H,9-10H2,1-2H3,(H,20,21). The van der Waals surface area contributed by atoms with Crippen molar-refractivity contribution in [1.82, 2.24) is 0 Å². The minimum Gasteiger partial charge on any atom is -0.384 e. The number of amides is 1. The van der Waals surface area contributed by atoms with Crippen molar-refractivity contribution in [2.75, 3.05) is 17.2 Å². The van der Waals surface area contributed by atoms with Crippen LogP contribution in [0.1, 0.15) is 17.5 Å². The first-order valence-electron chi connectivity index (χ1n) is 6.91. The molecule has 0 atom stereocenters. The van der Waals surface area contributed by atoms with E-state index in [4.69, 9.17) is 0 Å². The van der Waals surface area contributed by atoms with Gasteiger partial charge in [0.1, 0.15) is 0 Å². The number of aryl methyl sites for hydroxylation is 2. The number of carbonyl (C=O) groups is 1. The Kier molecular flexibility index (Phi) is 5.39. The highest BCUT2D eigenvalue weighted by Crippen LogP contribution is 2.16. The molecule has 2 rings (SSSR count). The average molecular weight is 347 g/mol. The summed E-state index contributed by atoms with van der Waals surface area (Å²) in [5, 5.41) is 6.19. The number of benzene rings is 2. The molecule has 2 aromatic rings. The lowest BCUT2D eigenvalue weighted by Crippen LogP contribution is -2.16. The van der Waals surface area contributed by atoms with E-state index in [-0.39, 0.29) is 5.91 Å². The van der Waals surface area contributed by atoms with E-state index >= 15 is 0 Å². The second-order valence-electron chi connectivity index (χ2n) is 5.05. The third-order valence-corrected chi connectivity index (χ3v) is 3.72. The molecule has 0 unspecified atom stereocenters. The number of hydrogen-bond donors (Lipinski definition) is 2. The molecule has 21 heavy (non-hydrogen) atoms. The molecule has 1 amide bonds. The van der Waals surface area contributed by atoms with E-state index in [1.54, 1.807) is 0 Å². The van der Waals surface area contributed by atoms with Crippen molar-refractivity contribution < 1.29 is 4.79 Å². The van der Waals surface area contributed by atoms with Gasteiger partial charge in [-0.15, -0.1) is 0 Å². The molecule has 0 fully saturated rings. The molecule has 0 radical (unpaired) electrons. The summed E-state index contributed by atoms with van der Waals surface area (Å²) < 4.78 is 0.997. The van der Waals surface area contributed by atoms with Crippen molar-refractivity contribution in [3.05, 3.63) is 58.1 Å². The Morgan fingerprint density at radius 2 is 1.81 bits per heavy atom. The summed E-state index contributed by atoms with van der Waals surface area (Å²) in [5.41, 5.74) is 4.30. The van der Waals surface area contributed by atoms with Crippen LogP contribution in [0, 0.1) is 13.8 Å². The van der Waals surface area contributed by atoms with E-state index in [1.165, 1.54) is 11.1 Å². The van der Waals surface area contributed by atoms with Crippen LogP contribution in [0.25, 0.3) is 0 Å². The van der Waals surface area contributed by atoms with Crippen molar-refractivity contribution in [2.24, 2.45) is 0 Å². The van der Waals surface area contributed by atoms with Crippen LogP contribution in [-0.4, -0.2) is 12.5 Å². The van der Waals surface area contributed by atoms with E-state index in [9.17, 15) is 4.79 Å². The first-order valence-corrected chi connectivity index (χ1v) is 7.70. The van der Waals surface area contributed by atoms with E-state index in [2.05, 4.69) is 58.6 Å². The minimum absolute atomic E-state index is 0.00938. The number of halogens is 1. The van der Waals surface area contributed by atoms with Crippen LogP contribution in [0.2, 0.25) is 0 Å². The van der Waals surface area contributed by atoms with Gasteiger partial charge in [0.15, 0.2) is 0 Å². The largest absolute Gasteiger partial charge is 0.384 e. The number of anilines is 2. The summed E-state index contributed by atoms with van der Waals surface area (Å²) in [6, 6.07) is 13.8. The molecule has 4 heteroatoms. The van der Waals surface area contributed by atoms with Crippen molar-refractivity contribution in [3.63, 3.8) is 0 Å². The van der Waals surface area contributed by atoms with Gasteiger partial charge in [-0.2, -0.15) is 0 Å². The Labute approximate surface area is 133 Å². The molecule has 0 heterocycles. The maximum absolute atomic E-state index is 11.9. The fraction of sp³-hybridized carbons (Fsp3) is 0.235. The smallest absolute Gasteiger partial charge is 0.226 e. The Bertz CT molecular complexity index is 623. The fourth-order valence-corrected chi connectivity index (χ4v) is 2.26. The van der Waals surface area contributed by atoms with Gasteiger partial charge in [-0.05, 0) is 55.3 Å². The first kappa shape index (κ1) is 15.6. The van der Waals surface area contributed by atoms with Gasteiger partial charge in [-0.3, -0.25) is 4.79 Å². The van der Waals surface area contributed by atoms with E-state index in [0.29, 0.717) is 13.0 Å². The average Bonchev–Trinajstić information content (AvgIpc) is 2.45. The lowest BCUT2D eigenvalue weighted by molar-refractivity contribution is -0.115. The van der Waals surface area contributed by atoms with Gasteiger partial charge < -0.3 is 10.6 Å². The highest BCUT2D eigenvalue weighted by molar-refractivity contribution is 9.10. The van der Waals surface area contributed by atoms with Crippen molar-refractivity contribution in [3.8, 4) is 0 Å². The van der Waals surface area contributed by atoms with Crippen LogP contribution < -0.4 is 10.6 Å². The van der Waals surface area contributed by atoms with Gasteiger partial charge in [-0.1, -0.05) is 28.1 Å². The van der Waals surface area contributed by atoms with E-state index < -0.39 is 0 Å². The zero-order valence-electron chi connectivity index (χ0n) is 12.2. The minimum atomic E-state index is 0.00938. The molecule has 0 aliphatic rings. The van der Waals surface area contributed by atoms with Gasteiger partial charge >= 0.3 is 0 Å². The first-order chi connectivity index (χ1) is 10.0. The highest BCUT2D eigenvalue weighted by atomic mass is 79.9. The zero-order chi connectivity index (χ0) is 15.2. The summed E-state index contributed by atoms with van der Waals surface area (Å²) >= 11 is 3.37. The SMILES string of the molecule is Cc1ccc(C)c(NCCC(=O)Nc2ccc(Br)cc2)c1. The lowest BCUT2D eigenvalue weighted by Gasteiger charge is -2.10. The molecular weight excluding hydrogens is 328 g/mol. The van der Waals surface area contributed by atoms with Gasteiger partial charge in [0.25, 0.3) is 0 Å². The van der Waals surface area contributed by atoms with Crippen LogP contribution in [0.3, 0.4) is 0 Å². The van der Waals surface area contributed by atoms with E-state index in [0.717, 1.165) is 15.8 Å². The number of nitrogens with one attached hydrogen (secondary N) is 2. The predicted molar refractivity (Wildman–Crippen MR) is 91.8 cm³/mol. The van der Waals surface area contributed by atoms with Crippen molar-refractivity contribution in [2.45, 2.75) is 20.3 Å². The van der Waals surface area contributed by atoms with Crippen LogP contribution in [-0.2, 0) is 4.79 Å². The van der Waals surface area contributed by atoms with Gasteiger partial charge in [0, 0.05) is 28.8 Å². The second-order valence-corrected chi connectivity index (χ2v) is 5.97. The maximum atomic E-state index is 11.9. The molecule has 2 N–H and O–H groups in total. The molecular formula is C17H19BrN2O. The Morgan fingerprint density at radius 1 is 1.10 bits per heavy atom. The molecule has 0 bridgehead atoms. The third kappa shape index (κ3) is 4.90. The number of rotatable bonds is 5. The van der Waals surface area contributed by atoms with Crippen molar-refractivity contribution >= 4 is 33.2 Å². The topological polar surface area (TPSA) is 41.1 Å². The molecule has 0 aromatic heterocycles. The molecule has 0 aliphatic heterocycles. The molecule has 2 aromatic carbocycles. The Balaban J connectivity index is 1.81. The summed E-state index contributed by atoms with van der Waals surface area (Å²) in [6.07, 6.45) is 0.434. The monoisotopic (exact) mass is 346 g/mol. The summed E-state index contributed by atoms with van der Waals surface area (Å²) in [5.74, 6) is 0.00938. The van der Waals surface area contributed by atoms with Crippen LogP contribution in [0.4, 0.5) is 11.4 Å². The van der Waals surface area contributed by atoms with Gasteiger partial charge in [-0.25, -0.2) is 0 Å². The third-order valence-electron chi connectivity index (χ3n) is 3.19. The molecule has 0 saturated heterocycles. The quantitative estimate of drug-likeness (QED) is 0.836. The van der Waals surface area contributed by atoms with Gasteiger partial charge in [0.05, 0.1) is 0 Å². The molecule has 0 aliphatic carbocycles. The molecule has 0 saturated carbocycles. The lowest BCUT2D eigenvalue weighted by atomic mass is 10.1. The van der Waals surface area contributed by atoms with Gasteiger partial charge in [0.2, 0.25) is 5.91 Å². The zero-order valence-corrected chi connectivity index (χ0v) is 13.8. The van der Waals surface area contributed by atoms with Crippen LogP contribution in [0.5, 0.6) is 0 Å². The fourth-order valence-electron chi connectivity index (χ4n) is 1.99. The maximum Gasteiger partial charge on any atom is 0.226 e. The second kappa shape index (κ2) is 7.27. The summed E-state index contributed by atoms with van der Waals surface area (Å²) in [6.45, 7) is 4.74. The number of hydrogen-bond acceptors (Lipinski definition) is 2. The number of carbonyl (C=O) groups excluding carboxylic acids is 1. The molecule has 0 spiro atoms. The van der Waals surface area contributed by atoms with E-state index in [1.807, 2.05) is 24.3 Å². The predicted octanol–water partition coefficient (Wildman–Crippen LogP) is 4.51. The Hall–Kier alpha value is -1.81. The molecule has 110 valence electrons. The molecule has 3 nitrogen and oxygen atoms in total. The normalized spacial score (nSPS) is 10.2. The Morgan fingerprint density at radius 3 is 2.52 bits per heavy atom. The highest BCUT2D eigenvalue weighted by Gasteiger charge is 2.03. The summed E-state index contributed by atoms with van der Waals surface area (Å²) in [4.78, 5) is 11.9.